The van der Waals surface area contributed by atoms with Crippen molar-refractivity contribution in [3.8, 4) is 11.5 Å². The standard InChI is InChI=1S/C16H9ClF3N3O.C16H13N3O.Ni/c17-12-7-10(16(18,19)20)8-21-15(12)23-22-14-11-4-2-1-3-9(11)5-6-13(14)24;1-11-5-4-8-15(17-11)18-19-16-13-7-3-2-6-12(13)9-10-14(16)20;/h1-8,24H;2-10,20H,1H3;. The van der Waals surface area contributed by atoms with Gasteiger partial charge in [0, 0.05) is 39.2 Å². The van der Waals surface area contributed by atoms with Crippen LogP contribution in [0.2, 0.25) is 5.02 Å². The fourth-order valence-corrected chi connectivity index (χ4v) is 4.34. The van der Waals surface area contributed by atoms with Gasteiger partial charge in [-0.05, 0) is 48.0 Å². The van der Waals surface area contributed by atoms with Crippen molar-refractivity contribution >= 4 is 56.2 Å². The Kier molecular flexibility index (Phi) is 10.4. The quantitative estimate of drug-likeness (QED) is 0.143. The van der Waals surface area contributed by atoms with Gasteiger partial charge in [-0.3, -0.25) is 0 Å². The predicted molar refractivity (Wildman–Crippen MR) is 163 cm³/mol. The van der Waals surface area contributed by atoms with Gasteiger partial charge >= 0.3 is 6.18 Å². The molecule has 2 heterocycles. The fourth-order valence-electron chi connectivity index (χ4n) is 4.14. The first-order valence-corrected chi connectivity index (χ1v) is 13.4. The zero-order chi connectivity index (χ0) is 31.3. The number of alkyl halides is 3. The molecular weight excluding hydrogens is 652 g/mol. The number of phenolic OH excluding ortho intramolecular Hbond substituents is 2. The second-order valence-electron chi connectivity index (χ2n) is 9.37. The van der Waals surface area contributed by atoms with E-state index in [2.05, 4.69) is 30.4 Å². The Balaban J connectivity index is 0.000000203. The molecule has 45 heavy (non-hydrogen) atoms. The number of hydrogen-bond acceptors (Lipinski definition) is 8. The molecule has 0 atom stereocenters. The Hall–Kier alpha value is -4.93. The Morgan fingerprint density at radius 2 is 1.24 bits per heavy atom. The van der Waals surface area contributed by atoms with Gasteiger partial charge in [-0.2, -0.15) is 13.2 Å². The van der Waals surface area contributed by atoms with Crippen molar-refractivity contribution < 1.29 is 39.9 Å². The molecular formula is C32H22ClF3N6NiO2. The number of aryl methyl sites for hydroxylation is 1. The molecule has 0 spiro atoms. The first-order valence-electron chi connectivity index (χ1n) is 13.0. The van der Waals surface area contributed by atoms with Crippen molar-refractivity contribution in [1.82, 2.24) is 9.97 Å². The molecule has 13 heteroatoms. The third kappa shape index (κ3) is 7.97. The first kappa shape index (κ1) is 33.0. The van der Waals surface area contributed by atoms with Crippen LogP contribution in [0.15, 0.2) is 124 Å². The van der Waals surface area contributed by atoms with Crippen LogP contribution >= 0.6 is 11.6 Å². The maximum Gasteiger partial charge on any atom is 0.417 e. The van der Waals surface area contributed by atoms with Gasteiger partial charge < -0.3 is 10.2 Å². The van der Waals surface area contributed by atoms with E-state index in [0.29, 0.717) is 23.1 Å². The van der Waals surface area contributed by atoms with Crippen molar-refractivity contribution in [2.45, 2.75) is 13.1 Å². The normalized spacial score (nSPS) is 11.5. The third-order valence-electron chi connectivity index (χ3n) is 6.28. The van der Waals surface area contributed by atoms with E-state index in [9.17, 15) is 23.4 Å². The summed E-state index contributed by atoms with van der Waals surface area (Å²) in [5.74, 6) is 0.356. The number of rotatable bonds is 4. The number of azo groups is 2. The van der Waals surface area contributed by atoms with Crippen LogP contribution in [0.4, 0.5) is 36.2 Å². The number of hydrogen-bond donors (Lipinski definition) is 2. The summed E-state index contributed by atoms with van der Waals surface area (Å²) in [6.45, 7) is 1.90. The van der Waals surface area contributed by atoms with Gasteiger partial charge in [0.2, 0.25) is 0 Å². The van der Waals surface area contributed by atoms with Gasteiger partial charge in [0.15, 0.2) is 11.6 Å². The van der Waals surface area contributed by atoms with E-state index in [4.69, 9.17) is 11.6 Å². The molecule has 0 unspecified atom stereocenters. The predicted octanol–water partition coefficient (Wildman–Crippen LogP) is 10.7. The number of aromatic hydroxyl groups is 2. The van der Waals surface area contributed by atoms with Crippen LogP contribution < -0.4 is 0 Å². The molecule has 0 fully saturated rings. The zero-order valence-electron chi connectivity index (χ0n) is 23.2. The summed E-state index contributed by atoms with van der Waals surface area (Å²) in [7, 11) is 0. The number of pyridine rings is 2. The minimum absolute atomic E-state index is 0. The topological polar surface area (TPSA) is 116 Å². The minimum atomic E-state index is -4.54. The Labute approximate surface area is 269 Å². The molecule has 0 amide bonds. The number of nitrogens with zero attached hydrogens (tertiary/aromatic N) is 6. The van der Waals surface area contributed by atoms with E-state index in [-0.39, 0.29) is 44.5 Å². The van der Waals surface area contributed by atoms with Gasteiger partial charge in [0.25, 0.3) is 0 Å². The molecule has 0 aliphatic carbocycles. The summed E-state index contributed by atoms with van der Waals surface area (Å²) < 4.78 is 37.8. The average Bonchev–Trinajstić information content (AvgIpc) is 3.00. The van der Waals surface area contributed by atoms with Crippen LogP contribution in [0.1, 0.15) is 11.3 Å². The Morgan fingerprint density at radius 3 is 1.78 bits per heavy atom. The van der Waals surface area contributed by atoms with Crippen molar-refractivity contribution in [2.24, 2.45) is 20.5 Å². The van der Waals surface area contributed by atoms with E-state index in [1.165, 1.54) is 6.07 Å². The summed E-state index contributed by atoms with van der Waals surface area (Å²) in [4.78, 5) is 7.83. The third-order valence-corrected chi connectivity index (χ3v) is 6.56. The van der Waals surface area contributed by atoms with Crippen LogP contribution in [0.25, 0.3) is 21.5 Å². The van der Waals surface area contributed by atoms with Crippen LogP contribution in [0.5, 0.6) is 11.5 Å². The summed E-state index contributed by atoms with van der Waals surface area (Å²) >= 11 is 5.78. The van der Waals surface area contributed by atoms with Crippen molar-refractivity contribution in [2.75, 3.05) is 0 Å². The summed E-state index contributed by atoms with van der Waals surface area (Å²) in [6.07, 6.45) is -3.91. The average molecular weight is 674 g/mol. The molecule has 230 valence electrons. The second kappa shape index (κ2) is 14.2. The molecule has 0 bridgehead atoms. The van der Waals surface area contributed by atoms with Crippen LogP contribution in [-0.4, -0.2) is 20.2 Å². The number of phenols is 2. The molecule has 2 aromatic heterocycles. The number of benzene rings is 4. The zero-order valence-corrected chi connectivity index (χ0v) is 25.0. The maximum atomic E-state index is 12.6. The smallest absolute Gasteiger partial charge is 0.417 e. The molecule has 0 radical (unpaired) electrons. The second-order valence-corrected chi connectivity index (χ2v) is 9.78. The molecule has 2 N–H and O–H groups in total. The Bertz CT molecular complexity index is 2040. The molecule has 8 nitrogen and oxygen atoms in total. The monoisotopic (exact) mass is 672 g/mol. The van der Waals surface area contributed by atoms with Crippen molar-refractivity contribution in [1.29, 1.82) is 0 Å². The summed E-state index contributed by atoms with van der Waals surface area (Å²) in [5.41, 5.74) is 0.556. The van der Waals surface area contributed by atoms with Gasteiger partial charge in [-0.25, -0.2) is 9.97 Å². The number of halogens is 4. The van der Waals surface area contributed by atoms with Gasteiger partial charge in [0.05, 0.1) is 10.6 Å². The molecule has 0 saturated carbocycles. The summed E-state index contributed by atoms with van der Waals surface area (Å²) in [5, 5.41) is 38.9. The summed E-state index contributed by atoms with van der Waals surface area (Å²) in [6, 6.07) is 27.8. The van der Waals surface area contributed by atoms with E-state index in [1.807, 2.05) is 61.5 Å². The van der Waals surface area contributed by atoms with Crippen LogP contribution in [-0.2, 0) is 22.7 Å². The fraction of sp³-hybridized carbons (Fsp3) is 0.0625. The van der Waals surface area contributed by atoms with Crippen molar-refractivity contribution in [3.63, 3.8) is 0 Å². The molecule has 0 saturated heterocycles. The molecule has 0 aliphatic rings. The maximum absolute atomic E-state index is 12.6. The number of fused-ring (bicyclic) bond motifs is 2. The van der Waals surface area contributed by atoms with Crippen LogP contribution in [0, 0.1) is 6.92 Å². The van der Waals surface area contributed by atoms with E-state index >= 15 is 0 Å². The Morgan fingerprint density at radius 1 is 0.689 bits per heavy atom. The van der Waals surface area contributed by atoms with Crippen molar-refractivity contribution in [3.05, 3.63) is 120 Å². The molecule has 6 aromatic rings. The molecule has 4 aromatic carbocycles. The molecule has 6 rings (SSSR count). The van der Waals surface area contributed by atoms with E-state index < -0.39 is 11.7 Å². The number of aromatic nitrogens is 2. The van der Waals surface area contributed by atoms with Gasteiger partial charge in [-0.15, -0.1) is 20.5 Å². The van der Waals surface area contributed by atoms with Gasteiger partial charge in [-0.1, -0.05) is 78.3 Å². The molecule has 0 aliphatic heterocycles. The van der Waals surface area contributed by atoms with Gasteiger partial charge in [0.1, 0.15) is 22.9 Å². The SMILES string of the molecule is Cc1cccc(N=Nc2c(O)ccc3ccccc23)n1.Oc1ccc2ccccc2c1N=Nc1ncc(C(F)(F)F)cc1Cl.[Ni]. The first-order chi connectivity index (χ1) is 21.1. The van der Waals surface area contributed by atoms with E-state index in [0.717, 1.165) is 27.9 Å². The van der Waals surface area contributed by atoms with Crippen LogP contribution in [0.3, 0.4) is 0 Å². The largest absolute Gasteiger partial charge is 0.506 e. The van der Waals surface area contributed by atoms with E-state index in [1.54, 1.807) is 30.3 Å². The minimum Gasteiger partial charge on any atom is -0.506 e.